The summed E-state index contributed by atoms with van der Waals surface area (Å²) in [5, 5.41) is 11.9. The Morgan fingerprint density at radius 3 is 2.85 bits per heavy atom. The fourth-order valence-corrected chi connectivity index (χ4v) is 6.51. The summed E-state index contributed by atoms with van der Waals surface area (Å²) in [6.07, 6.45) is 9.07. The number of aliphatic hydroxyl groups is 1. The van der Waals surface area contributed by atoms with E-state index in [9.17, 15) is 9.90 Å². The van der Waals surface area contributed by atoms with Crippen molar-refractivity contribution in [2.45, 2.75) is 95.2 Å². The van der Waals surface area contributed by atoms with Gasteiger partial charge in [0.05, 0.1) is 25.2 Å². The average molecular weight is 456 g/mol. The van der Waals surface area contributed by atoms with Crippen LogP contribution in [0.2, 0.25) is 0 Å². The van der Waals surface area contributed by atoms with Crippen LogP contribution in [-0.2, 0) is 25.6 Å². The first kappa shape index (κ1) is 23.0. The molecule has 1 aromatic carbocycles. The van der Waals surface area contributed by atoms with Crippen LogP contribution in [-0.4, -0.2) is 52.3 Å². The van der Waals surface area contributed by atoms with E-state index < -0.39 is 23.5 Å². The van der Waals surface area contributed by atoms with Gasteiger partial charge in [-0.3, -0.25) is 4.79 Å². The minimum absolute atomic E-state index is 0.00830. The molecule has 3 unspecified atom stereocenters. The van der Waals surface area contributed by atoms with Gasteiger partial charge in [-0.2, -0.15) is 0 Å². The number of nitrogens with zero attached hydrogens (tertiary/aromatic N) is 1. The third-order valence-corrected chi connectivity index (χ3v) is 8.35. The molecule has 0 aromatic heterocycles. The van der Waals surface area contributed by atoms with Crippen molar-refractivity contribution in [2.75, 3.05) is 6.61 Å². The molecule has 3 fully saturated rings. The molecule has 6 heteroatoms. The minimum Gasteiger partial charge on any atom is -0.390 e. The van der Waals surface area contributed by atoms with Gasteiger partial charge in [-0.05, 0) is 44.6 Å². The van der Waals surface area contributed by atoms with E-state index in [0.717, 1.165) is 44.1 Å². The Morgan fingerprint density at radius 2 is 2.12 bits per heavy atom. The Hall–Kier alpha value is -1.73. The number of hydrogen-bond donors (Lipinski definition) is 1. The molecule has 1 amide bonds. The van der Waals surface area contributed by atoms with E-state index in [0.29, 0.717) is 19.6 Å². The van der Waals surface area contributed by atoms with Crippen LogP contribution in [0.3, 0.4) is 0 Å². The van der Waals surface area contributed by atoms with E-state index in [2.05, 4.69) is 19.1 Å². The summed E-state index contributed by atoms with van der Waals surface area (Å²) in [5.41, 5.74) is -0.691. The fraction of sp³-hybridized carbons (Fsp3) is 0.667. The third-order valence-electron chi connectivity index (χ3n) is 8.35. The SMILES string of the molecule is CCCC[C@@H]1OCC2(C(O)[C@@H]3C=CCCC3)N1C(=O)[C@@H]1CC(OCc3ccccc3)O[C@@]12C. The van der Waals surface area contributed by atoms with Crippen molar-refractivity contribution in [3.63, 3.8) is 0 Å². The molecule has 5 rings (SSSR count). The molecule has 0 radical (unpaired) electrons. The van der Waals surface area contributed by atoms with Crippen molar-refractivity contribution >= 4 is 5.91 Å². The number of unbranched alkanes of at least 4 members (excludes halogenated alkanes) is 1. The number of hydrogen-bond acceptors (Lipinski definition) is 5. The maximum atomic E-state index is 13.8. The first-order valence-corrected chi connectivity index (χ1v) is 12.6. The quantitative estimate of drug-likeness (QED) is 0.596. The van der Waals surface area contributed by atoms with E-state index in [1.807, 2.05) is 42.2 Å². The second-order valence-electron chi connectivity index (χ2n) is 10.2. The summed E-state index contributed by atoms with van der Waals surface area (Å²) in [4.78, 5) is 15.7. The van der Waals surface area contributed by atoms with Gasteiger partial charge < -0.3 is 24.2 Å². The topological polar surface area (TPSA) is 68.2 Å². The number of aliphatic hydroxyl groups excluding tert-OH is 1. The maximum absolute atomic E-state index is 13.8. The first-order valence-electron chi connectivity index (χ1n) is 12.6. The first-order chi connectivity index (χ1) is 16.0. The summed E-state index contributed by atoms with van der Waals surface area (Å²) in [6, 6.07) is 10.00. The van der Waals surface area contributed by atoms with Crippen LogP contribution in [0.25, 0.3) is 0 Å². The smallest absolute Gasteiger partial charge is 0.231 e. The number of ether oxygens (including phenoxy) is 3. The highest BCUT2D eigenvalue weighted by molar-refractivity contribution is 5.86. The molecule has 0 bridgehead atoms. The molecule has 3 heterocycles. The zero-order valence-electron chi connectivity index (χ0n) is 19.8. The Bertz CT molecular complexity index is 875. The zero-order valence-corrected chi connectivity index (χ0v) is 19.8. The maximum Gasteiger partial charge on any atom is 0.231 e. The van der Waals surface area contributed by atoms with Gasteiger partial charge in [0.2, 0.25) is 5.91 Å². The van der Waals surface area contributed by atoms with Gasteiger partial charge in [0, 0.05) is 12.3 Å². The molecule has 3 saturated heterocycles. The molecule has 1 aromatic rings. The van der Waals surface area contributed by atoms with Gasteiger partial charge >= 0.3 is 0 Å². The molecular weight excluding hydrogens is 418 g/mol. The largest absolute Gasteiger partial charge is 0.390 e. The molecule has 3 aliphatic heterocycles. The summed E-state index contributed by atoms with van der Waals surface area (Å²) >= 11 is 0. The van der Waals surface area contributed by atoms with Gasteiger partial charge in [-0.15, -0.1) is 0 Å². The Labute approximate surface area is 196 Å². The van der Waals surface area contributed by atoms with Crippen LogP contribution < -0.4 is 0 Å². The molecule has 180 valence electrons. The highest BCUT2D eigenvalue weighted by Gasteiger charge is 2.76. The van der Waals surface area contributed by atoms with Gasteiger partial charge in [0.1, 0.15) is 17.4 Å². The summed E-state index contributed by atoms with van der Waals surface area (Å²) in [7, 11) is 0. The Morgan fingerprint density at radius 1 is 1.30 bits per heavy atom. The van der Waals surface area contributed by atoms with E-state index >= 15 is 0 Å². The minimum atomic E-state index is -0.898. The normalized spacial score (nSPS) is 38.5. The van der Waals surface area contributed by atoms with Crippen LogP contribution in [0, 0.1) is 11.8 Å². The molecule has 4 aliphatic rings. The molecular formula is C27H37NO5. The van der Waals surface area contributed by atoms with Crippen LogP contribution in [0.15, 0.2) is 42.5 Å². The lowest BCUT2D eigenvalue weighted by Gasteiger charge is -2.47. The van der Waals surface area contributed by atoms with E-state index in [1.54, 1.807) is 0 Å². The lowest BCUT2D eigenvalue weighted by atomic mass is 9.69. The number of carbonyl (C=O) groups is 1. The summed E-state index contributed by atoms with van der Waals surface area (Å²) in [6.45, 7) is 4.88. The van der Waals surface area contributed by atoms with Crippen molar-refractivity contribution in [1.29, 1.82) is 0 Å². The molecule has 1 N–H and O–H groups in total. The number of allylic oxidation sites excluding steroid dienone is 1. The number of carbonyl (C=O) groups excluding carboxylic acids is 1. The summed E-state index contributed by atoms with van der Waals surface area (Å²) < 4.78 is 19.0. The second kappa shape index (κ2) is 9.14. The van der Waals surface area contributed by atoms with Crippen molar-refractivity contribution in [3.8, 4) is 0 Å². The van der Waals surface area contributed by atoms with Crippen molar-refractivity contribution in [1.82, 2.24) is 4.90 Å². The van der Waals surface area contributed by atoms with Crippen LogP contribution in [0.4, 0.5) is 0 Å². The molecule has 33 heavy (non-hydrogen) atoms. The second-order valence-corrected chi connectivity index (χ2v) is 10.2. The van der Waals surface area contributed by atoms with Gasteiger partial charge in [-0.25, -0.2) is 0 Å². The van der Waals surface area contributed by atoms with E-state index in [1.165, 1.54) is 0 Å². The highest BCUT2D eigenvalue weighted by atomic mass is 16.7. The monoisotopic (exact) mass is 455 g/mol. The number of benzene rings is 1. The van der Waals surface area contributed by atoms with Gasteiger partial charge in [0.25, 0.3) is 0 Å². The van der Waals surface area contributed by atoms with Gasteiger partial charge in [-0.1, -0.05) is 55.8 Å². The Kier molecular flexibility index (Phi) is 6.38. The lowest BCUT2D eigenvalue weighted by Crippen LogP contribution is -2.67. The average Bonchev–Trinajstić information content (AvgIpc) is 3.45. The van der Waals surface area contributed by atoms with Gasteiger partial charge in [0.15, 0.2) is 6.29 Å². The fourth-order valence-electron chi connectivity index (χ4n) is 6.51. The highest BCUT2D eigenvalue weighted by Crippen LogP contribution is 2.59. The molecule has 7 atom stereocenters. The zero-order chi connectivity index (χ0) is 23.1. The van der Waals surface area contributed by atoms with Crippen LogP contribution in [0.5, 0.6) is 0 Å². The predicted octanol–water partition coefficient (Wildman–Crippen LogP) is 4.17. The standard InChI is InChI=1S/C27H37NO5/c1-3-4-15-22-28-25(30)21-16-23(31-17-19-11-7-5-8-12-19)33-26(21,2)27(28,18-32-22)24(29)20-13-9-6-10-14-20/h5,7-9,11-13,20-24,29H,3-4,6,10,14-18H2,1-2H3/t20-,21+,22+,23?,24?,26+,27?/m1/s1. The van der Waals surface area contributed by atoms with Crippen LogP contribution >= 0.6 is 0 Å². The third kappa shape index (κ3) is 3.66. The predicted molar refractivity (Wildman–Crippen MR) is 124 cm³/mol. The molecule has 0 spiro atoms. The van der Waals surface area contributed by atoms with Crippen LogP contribution in [0.1, 0.15) is 64.4 Å². The van der Waals surface area contributed by atoms with Crippen molar-refractivity contribution < 1.29 is 24.1 Å². The van der Waals surface area contributed by atoms with Crippen molar-refractivity contribution in [2.24, 2.45) is 11.8 Å². The lowest BCUT2D eigenvalue weighted by molar-refractivity contribution is -0.215. The molecule has 6 nitrogen and oxygen atoms in total. The molecule has 0 saturated carbocycles. The van der Waals surface area contributed by atoms with E-state index in [4.69, 9.17) is 14.2 Å². The molecule has 1 aliphatic carbocycles. The van der Waals surface area contributed by atoms with E-state index in [-0.39, 0.29) is 24.0 Å². The number of rotatable bonds is 8. The Balaban J connectivity index is 1.43. The van der Waals surface area contributed by atoms with Crippen molar-refractivity contribution in [3.05, 3.63) is 48.0 Å². The number of amides is 1. The summed E-state index contributed by atoms with van der Waals surface area (Å²) in [5.74, 6) is -0.305. The number of fused-ring (bicyclic) bond motifs is 3.